The second kappa shape index (κ2) is 5.54. The van der Waals surface area contributed by atoms with Crippen LogP contribution in [-0.4, -0.2) is 23.8 Å². The van der Waals surface area contributed by atoms with Gasteiger partial charge in [-0.2, -0.15) is 0 Å². The van der Waals surface area contributed by atoms with E-state index in [1.54, 1.807) is 0 Å². The van der Waals surface area contributed by atoms with Crippen LogP contribution in [0.4, 0.5) is 5.69 Å². The number of benzene rings is 1. The van der Waals surface area contributed by atoms with Gasteiger partial charge in [0.1, 0.15) is 0 Å². The molecule has 0 radical (unpaired) electrons. The largest absolute Gasteiger partial charge is 0.355 e. The molecule has 1 aromatic carbocycles. The predicted octanol–water partition coefficient (Wildman–Crippen LogP) is 3.68. The van der Waals surface area contributed by atoms with Gasteiger partial charge in [-0.15, -0.1) is 0 Å². The third-order valence-electron chi connectivity index (χ3n) is 3.07. The zero-order chi connectivity index (χ0) is 14.9. The van der Waals surface area contributed by atoms with Gasteiger partial charge in [0.05, 0.1) is 5.60 Å². The first-order chi connectivity index (χ1) is 9.30. The van der Waals surface area contributed by atoms with E-state index in [0.717, 1.165) is 16.8 Å². The summed E-state index contributed by atoms with van der Waals surface area (Å²) < 4.78 is 11.2. The number of ether oxygens (including phenoxy) is 2. The second-order valence-electron chi connectivity index (χ2n) is 6.18. The normalized spacial score (nSPS) is 21.6. The molecule has 2 N–H and O–H groups in total. The van der Waals surface area contributed by atoms with Crippen LogP contribution in [0.25, 0.3) is 0 Å². The Labute approximate surface area is 121 Å². The van der Waals surface area contributed by atoms with Crippen LogP contribution < -0.4 is 5.32 Å². The molecule has 1 saturated heterocycles. The van der Waals surface area contributed by atoms with Crippen molar-refractivity contribution >= 4 is 11.4 Å². The molecule has 0 amide bonds. The molecule has 0 saturated carbocycles. The Morgan fingerprint density at radius 1 is 1.40 bits per heavy atom. The van der Waals surface area contributed by atoms with Gasteiger partial charge in [-0.25, -0.2) is 0 Å². The van der Waals surface area contributed by atoms with Crippen molar-refractivity contribution in [3.63, 3.8) is 0 Å². The molecule has 2 atom stereocenters. The smallest absolute Gasteiger partial charge is 0.205 e. The third kappa shape index (κ3) is 3.81. The van der Waals surface area contributed by atoms with Crippen LogP contribution in [0.15, 0.2) is 18.2 Å². The molecule has 4 nitrogen and oxygen atoms in total. The average molecular weight is 276 g/mol. The molecule has 0 spiro atoms. The first-order valence-corrected chi connectivity index (χ1v) is 7.08. The number of aryl methyl sites for hydroxylation is 1. The van der Waals surface area contributed by atoms with E-state index >= 15 is 0 Å². The van der Waals surface area contributed by atoms with E-state index < -0.39 is 0 Å². The molecule has 1 heterocycles. The van der Waals surface area contributed by atoms with Crippen LogP contribution in [0.5, 0.6) is 0 Å². The lowest BCUT2D eigenvalue weighted by Gasteiger charge is -2.18. The van der Waals surface area contributed by atoms with Crippen molar-refractivity contribution in [1.82, 2.24) is 0 Å². The highest BCUT2D eigenvalue weighted by molar-refractivity contribution is 6.03. The number of anilines is 1. The molecular formula is C16H24N2O2. The van der Waals surface area contributed by atoms with Gasteiger partial charge in [0.2, 0.25) is 6.29 Å². The maximum absolute atomic E-state index is 8.06. The standard InChI is InChI=1S/C16H24N2O2/c1-6-12(17)11-9-10(2)7-8-13(11)18-14-15(19-14)20-16(3,4)5/h7-9,14-15,17-18H,6H2,1-5H3. The van der Waals surface area contributed by atoms with Crippen molar-refractivity contribution in [1.29, 1.82) is 5.41 Å². The summed E-state index contributed by atoms with van der Waals surface area (Å²) in [4.78, 5) is 0. The minimum atomic E-state index is -0.215. The van der Waals surface area contributed by atoms with E-state index in [1.165, 1.54) is 0 Å². The van der Waals surface area contributed by atoms with Gasteiger partial charge in [-0.1, -0.05) is 18.6 Å². The summed E-state index contributed by atoms with van der Waals surface area (Å²) in [6.07, 6.45) is 0.381. The van der Waals surface area contributed by atoms with Gasteiger partial charge in [0.25, 0.3) is 0 Å². The molecule has 1 aliphatic heterocycles. The fourth-order valence-electron chi connectivity index (χ4n) is 2.02. The molecule has 0 bridgehead atoms. The van der Waals surface area contributed by atoms with Crippen LogP contribution in [0.2, 0.25) is 0 Å². The summed E-state index contributed by atoms with van der Waals surface area (Å²) >= 11 is 0. The van der Waals surface area contributed by atoms with E-state index in [9.17, 15) is 0 Å². The molecule has 0 aliphatic carbocycles. The molecule has 1 aromatic rings. The molecule has 1 fully saturated rings. The van der Waals surface area contributed by atoms with Gasteiger partial charge < -0.3 is 20.2 Å². The fraction of sp³-hybridized carbons (Fsp3) is 0.562. The van der Waals surface area contributed by atoms with Gasteiger partial charge in [-0.3, -0.25) is 0 Å². The zero-order valence-corrected chi connectivity index (χ0v) is 12.9. The maximum Gasteiger partial charge on any atom is 0.205 e. The summed E-state index contributed by atoms with van der Waals surface area (Å²) in [5.41, 5.74) is 3.45. The van der Waals surface area contributed by atoms with Crippen molar-refractivity contribution < 1.29 is 9.47 Å². The van der Waals surface area contributed by atoms with E-state index in [2.05, 4.69) is 5.32 Å². The number of hydrogen-bond acceptors (Lipinski definition) is 4. The lowest BCUT2D eigenvalue weighted by Crippen LogP contribution is -2.23. The predicted molar refractivity (Wildman–Crippen MR) is 81.4 cm³/mol. The highest BCUT2D eigenvalue weighted by Gasteiger charge is 2.43. The van der Waals surface area contributed by atoms with Gasteiger partial charge in [-0.05, 0) is 46.2 Å². The van der Waals surface area contributed by atoms with Crippen LogP contribution in [0.1, 0.15) is 45.2 Å². The van der Waals surface area contributed by atoms with Crippen LogP contribution in [0, 0.1) is 12.3 Å². The first kappa shape index (κ1) is 15.0. The zero-order valence-electron chi connectivity index (χ0n) is 12.9. The lowest BCUT2D eigenvalue weighted by molar-refractivity contribution is -0.0569. The Bertz CT molecular complexity index is 506. The topological polar surface area (TPSA) is 57.6 Å². The summed E-state index contributed by atoms with van der Waals surface area (Å²) in [6.45, 7) is 10.1. The first-order valence-electron chi connectivity index (χ1n) is 7.08. The van der Waals surface area contributed by atoms with E-state index in [0.29, 0.717) is 12.1 Å². The van der Waals surface area contributed by atoms with Crippen LogP contribution in [0.3, 0.4) is 0 Å². The Balaban J connectivity index is 2.06. The van der Waals surface area contributed by atoms with Crippen LogP contribution >= 0.6 is 0 Å². The van der Waals surface area contributed by atoms with E-state index in [4.69, 9.17) is 14.9 Å². The third-order valence-corrected chi connectivity index (χ3v) is 3.07. The van der Waals surface area contributed by atoms with Gasteiger partial charge in [0.15, 0.2) is 6.23 Å². The quantitative estimate of drug-likeness (QED) is 0.637. The Morgan fingerprint density at radius 2 is 2.10 bits per heavy atom. The van der Waals surface area contributed by atoms with Gasteiger partial charge in [0, 0.05) is 17.0 Å². The Morgan fingerprint density at radius 3 is 2.70 bits per heavy atom. The summed E-state index contributed by atoms with van der Waals surface area (Å²) in [5, 5.41) is 11.4. The average Bonchev–Trinajstić information content (AvgIpc) is 3.06. The summed E-state index contributed by atoms with van der Waals surface area (Å²) in [5.74, 6) is 0. The lowest BCUT2D eigenvalue weighted by atomic mass is 10.0. The molecule has 4 heteroatoms. The summed E-state index contributed by atoms with van der Waals surface area (Å²) in [7, 11) is 0. The molecular weight excluding hydrogens is 252 g/mol. The minimum absolute atomic E-state index is 0.125. The molecule has 20 heavy (non-hydrogen) atoms. The molecule has 110 valence electrons. The summed E-state index contributed by atoms with van der Waals surface area (Å²) in [6, 6.07) is 6.08. The van der Waals surface area contributed by atoms with Crippen molar-refractivity contribution in [3.8, 4) is 0 Å². The Kier molecular flexibility index (Phi) is 4.16. The van der Waals surface area contributed by atoms with Crippen LogP contribution in [-0.2, 0) is 9.47 Å². The SMILES string of the molecule is CCC(=N)c1cc(C)ccc1NC1OC1OC(C)(C)C. The van der Waals surface area contributed by atoms with Gasteiger partial charge >= 0.3 is 0 Å². The van der Waals surface area contributed by atoms with E-state index in [1.807, 2.05) is 52.8 Å². The molecule has 0 aromatic heterocycles. The van der Waals surface area contributed by atoms with Crippen molar-refractivity contribution in [2.75, 3.05) is 5.32 Å². The number of epoxide rings is 1. The number of nitrogens with one attached hydrogen (secondary N) is 2. The maximum atomic E-state index is 8.06. The highest BCUT2D eigenvalue weighted by Crippen LogP contribution is 2.31. The highest BCUT2D eigenvalue weighted by atomic mass is 16.8. The number of hydrogen-bond donors (Lipinski definition) is 2. The molecule has 1 aliphatic rings. The van der Waals surface area contributed by atoms with E-state index in [-0.39, 0.29) is 18.1 Å². The van der Waals surface area contributed by atoms with Crippen molar-refractivity contribution in [2.45, 2.75) is 59.2 Å². The monoisotopic (exact) mass is 276 g/mol. The second-order valence-corrected chi connectivity index (χ2v) is 6.18. The number of rotatable bonds is 5. The minimum Gasteiger partial charge on any atom is -0.355 e. The van der Waals surface area contributed by atoms with Crippen molar-refractivity contribution in [3.05, 3.63) is 29.3 Å². The molecule has 2 unspecified atom stereocenters. The fourth-order valence-corrected chi connectivity index (χ4v) is 2.02. The molecule has 2 rings (SSSR count). The van der Waals surface area contributed by atoms with Crippen molar-refractivity contribution in [2.24, 2.45) is 0 Å². The Hall–Kier alpha value is -1.39.